The molecule has 0 aliphatic carbocycles. The van der Waals surface area contributed by atoms with E-state index < -0.39 is 16.1 Å². The number of methoxy groups -OCH3 is 1. The van der Waals surface area contributed by atoms with Gasteiger partial charge in [0, 0.05) is 12.1 Å². The maximum atomic E-state index is 12.5. The molecule has 1 saturated heterocycles. The minimum Gasteiger partial charge on any atom is -0.493 e. The van der Waals surface area contributed by atoms with Crippen molar-refractivity contribution in [3.8, 4) is 11.5 Å². The van der Waals surface area contributed by atoms with Crippen LogP contribution in [0, 0.1) is 10.1 Å². The van der Waals surface area contributed by atoms with Crippen LogP contribution in [0.5, 0.6) is 11.5 Å². The Kier molecular flexibility index (Phi) is 5.95. The summed E-state index contributed by atoms with van der Waals surface area (Å²) in [5, 5.41) is 10.5. The molecule has 0 aromatic heterocycles. The first-order valence-electron chi connectivity index (χ1n) is 8.25. The van der Waals surface area contributed by atoms with E-state index in [9.17, 15) is 19.7 Å². The number of nitro groups is 1. The van der Waals surface area contributed by atoms with Crippen molar-refractivity contribution in [3.05, 3.63) is 69.1 Å². The second-order valence-corrected chi connectivity index (χ2v) is 6.68. The van der Waals surface area contributed by atoms with Gasteiger partial charge in [0.05, 0.1) is 23.5 Å². The molecule has 2 aromatic carbocycles. The van der Waals surface area contributed by atoms with Crippen LogP contribution in [-0.4, -0.2) is 41.2 Å². The molecule has 1 fully saturated rings. The van der Waals surface area contributed by atoms with E-state index in [0.717, 1.165) is 16.7 Å². The Bertz CT molecular complexity index is 959. The van der Waals surface area contributed by atoms with Gasteiger partial charge in [0.25, 0.3) is 16.8 Å². The summed E-state index contributed by atoms with van der Waals surface area (Å²) >= 11 is 0.793. The summed E-state index contributed by atoms with van der Waals surface area (Å²) in [5.41, 5.74) is 0.392. The van der Waals surface area contributed by atoms with Crippen molar-refractivity contribution < 1.29 is 24.0 Å². The zero-order chi connectivity index (χ0) is 20.1. The topological polar surface area (TPSA) is 99.0 Å². The number of non-ortho nitro benzene ring substituents is 1. The maximum Gasteiger partial charge on any atom is 0.293 e. The fourth-order valence-electron chi connectivity index (χ4n) is 2.56. The summed E-state index contributed by atoms with van der Waals surface area (Å²) in [6, 6.07) is 12.9. The van der Waals surface area contributed by atoms with Crippen LogP contribution < -0.4 is 9.47 Å². The van der Waals surface area contributed by atoms with E-state index in [4.69, 9.17) is 9.47 Å². The first-order chi connectivity index (χ1) is 13.5. The van der Waals surface area contributed by atoms with Gasteiger partial charge in [0.1, 0.15) is 6.61 Å². The van der Waals surface area contributed by atoms with Crippen LogP contribution in [0.1, 0.15) is 5.56 Å². The minimum absolute atomic E-state index is 0.0784. The molecule has 9 heteroatoms. The highest BCUT2D eigenvalue weighted by Gasteiger charge is 2.34. The normalized spacial score (nSPS) is 15.2. The number of para-hydroxylation sites is 2. The molecule has 28 heavy (non-hydrogen) atoms. The zero-order valence-electron chi connectivity index (χ0n) is 14.9. The van der Waals surface area contributed by atoms with Crippen LogP contribution >= 0.6 is 11.8 Å². The predicted molar refractivity (Wildman–Crippen MR) is 104 cm³/mol. The maximum absolute atomic E-state index is 12.5. The van der Waals surface area contributed by atoms with Crippen molar-refractivity contribution in [1.29, 1.82) is 0 Å². The number of imide groups is 1. The number of hydrogen-bond acceptors (Lipinski definition) is 7. The Hall–Kier alpha value is -3.33. The number of hydrogen-bond donors (Lipinski definition) is 0. The third kappa shape index (κ3) is 4.32. The van der Waals surface area contributed by atoms with E-state index in [1.54, 1.807) is 30.3 Å². The standard InChI is InChI=1S/C19H16N2O6S/c1-26-15-7-2-3-8-16(15)27-10-9-20-18(22)17(28-19(20)23)12-13-5-4-6-14(11-13)21(24)25/h2-8,11-12H,9-10H2,1H3/b17-12-. The van der Waals surface area contributed by atoms with Gasteiger partial charge in [0.2, 0.25) is 0 Å². The number of carbonyl (C=O) groups excluding carboxylic acids is 2. The fraction of sp³-hybridized carbons (Fsp3) is 0.158. The lowest BCUT2D eigenvalue weighted by molar-refractivity contribution is -0.384. The molecule has 0 radical (unpaired) electrons. The second kappa shape index (κ2) is 8.57. The highest BCUT2D eigenvalue weighted by Crippen LogP contribution is 2.33. The summed E-state index contributed by atoms with van der Waals surface area (Å²) in [6.45, 7) is 0.192. The van der Waals surface area contributed by atoms with E-state index in [1.165, 1.54) is 31.4 Å². The van der Waals surface area contributed by atoms with E-state index in [1.807, 2.05) is 0 Å². The Morgan fingerprint density at radius 1 is 1.14 bits per heavy atom. The molecular weight excluding hydrogens is 384 g/mol. The fourth-order valence-corrected chi connectivity index (χ4v) is 3.42. The number of thioether (sulfide) groups is 1. The van der Waals surface area contributed by atoms with Gasteiger partial charge in [-0.1, -0.05) is 24.3 Å². The predicted octanol–water partition coefficient (Wildman–Crippen LogP) is 3.72. The van der Waals surface area contributed by atoms with E-state index in [0.29, 0.717) is 17.1 Å². The minimum atomic E-state index is -0.516. The third-order valence-corrected chi connectivity index (χ3v) is 4.80. The number of nitrogens with zero attached hydrogens (tertiary/aromatic N) is 2. The number of amides is 2. The summed E-state index contributed by atoms with van der Waals surface area (Å²) in [5.74, 6) is 0.622. The molecule has 2 amide bonds. The Morgan fingerprint density at radius 2 is 1.89 bits per heavy atom. The summed E-state index contributed by atoms with van der Waals surface area (Å²) < 4.78 is 10.8. The van der Waals surface area contributed by atoms with Crippen LogP contribution in [-0.2, 0) is 4.79 Å². The number of carbonyl (C=O) groups is 2. The van der Waals surface area contributed by atoms with Crippen LogP contribution in [0.2, 0.25) is 0 Å². The van der Waals surface area contributed by atoms with Gasteiger partial charge < -0.3 is 9.47 Å². The largest absolute Gasteiger partial charge is 0.493 e. The lowest BCUT2D eigenvalue weighted by Crippen LogP contribution is -2.32. The molecule has 2 aromatic rings. The molecule has 1 aliphatic rings. The van der Waals surface area contributed by atoms with Gasteiger partial charge in [0.15, 0.2) is 11.5 Å². The average molecular weight is 400 g/mol. The van der Waals surface area contributed by atoms with Gasteiger partial charge in [-0.2, -0.15) is 0 Å². The molecule has 0 atom stereocenters. The number of ether oxygens (including phenoxy) is 2. The quantitative estimate of drug-likeness (QED) is 0.397. The number of benzene rings is 2. The smallest absolute Gasteiger partial charge is 0.293 e. The van der Waals surface area contributed by atoms with Gasteiger partial charge in [-0.15, -0.1) is 0 Å². The van der Waals surface area contributed by atoms with E-state index in [-0.39, 0.29) is 23.7 Å². The SMILES string of the molecule is COc1ccccc1OCCN1C(=O)S/C(=C\c2cccc([N+](=O)[O-])c2)C1=O. The first-order valence-corrected chi connectivity index (χ1v) is 9.07. The molecule has 144 valence electrons. The van der Waals surface area contributed by atoms with Crippen molar-refractivity contribution >= 4 is 34.7 Å². The molecule has 0 unspecified atom stereocenters. The second-order valence-electron chi connectivity index (χ2n) is 5.68. The molecule has 0 saturated carbocycles. The summed E-state index contributed by atoms with van der Waals surface area (Å²) in [7, 11) is 1.53. The molecule has 0 N–H and O–H groups in total. The zero-order valence-corrected chi connectivity index (χ0v) is 15.7. The van der Waals surface area contributed by atoms with Crippen LogP contribution in [0.25, 0.3) is 6.08 Å². The highest BCUT2D eigenvalue weighted by molar-refractivity contribution is 8.18. The Labute approximate surface area is 164 Å². The number of nitro benzene ring substituents is 1. The average Bonchev–Trinajstić information content (AvgIpc) is 2.95. The summed E-state index contributed by atoms with van der Waals surface area (Å²) in [6.07, 6.45) is 1.47. The number of rotatable bonds is 7. The molecule has 8 nitrogen and oxygen atoms in total. The van der Waals surface area contributed by atoms with Gasteiger partial charge in [-0.25, -0.2) is 0 Å². The van der Waals surface area contributed by atoms with Crippen molar-refractivity contribution in [3.63, 3.8) is 0 Å². The summed E-state index contributed by atoms with van der Waals surface area (Å²) in [4.78, 5) is 36.3. The van der Waals surface area contributed by atoms with Gasteiger partial charge in [-0.3, -0.25) is 24.6 Å². The molecule has 0 bridgehead atoms. The highest BCUT2D eigenvalue weighted by atomic mass is 32.2. The lowest BCUT2D eigenvalue weighted by Gasteiger charge is -2.14. The van der Waals surface area contributed by atoms with Gasteiger partial charge >= 0.3 is 0 Å². The van der Waals surface area contributed by atoms with Crippen molar-refractivity contribution in [2.24, 2.45) is 0 Å². The van der Waals surface area contributed by atoms with Crippen LogP contribution in [0.15, 0.2) is 53.4 Å². The third-order valence-electron chi connectivity index (χ3n) is 3.89. The molecular formula is C19H16N2O6S. The molecule has 3 rings (SSSR count). The Morgan fingerprint density at radius 3 is 2.61 bits per heavy atom. The van der Waals surface area contributed by atoms with Crippen molar-refractivity contribution in [2.75, 3.05) is 20.3 Å². The Balaban J connectivity index is 1.66. The monoisotopic (exact) mass is 400 g/mol. The van der Waals surface area contributed by atoms with Crippen LogP contribution in [0.4, 0.5) is 10.5 Å². The van der Waals surface area contributed by atoms with Crippen molar-refractivity contribution in [2.45, 2.75) is 0 Å². The lowest BCUT2D eigenvalue weighted by atomic mass is 10.2. The molecule has 1 aliphatic heterocycles. The van der Waals surface area contributed by atoms with E-state index in [2.05, 4.69) is 0 Å². The molecule has 1 heterocycles. The first kappa shape index (κ1) is 19.4. The molecule has 0 spiro atoms. The van der Waals surface area contributed by atoms with Crippen molar-refractivity contribution in [1.82, 2.24) is 4.90 Å². The van der Waals surface area contributed by atoms with Crippen LogP contribution in [0.3, 0.4) is 0 Å². The van der Waals surface area contributed by atoms with E-state index >= 15 is 0 Å². The van der Waals surface area contributed by atoms with Gasteiger partial charge in [-0.05, 0) is 35.5 Å².